The monoisotopic (exact) mass is 378 g/mol. The van der Waals surface area contributed by atoms with E-state index < -0.39 is 0 Å². The first-order valence-corrected chi connectivity index (χ1v) is 9.16. The molecule has 0 spiro atoms. The third-order valence-corrected chi connectivity index (χ3v) is 5.24. The lowest BCUT2D eigenvalue weighted by Crippen LogP contribution is -2.39. The molecule has 7 heteroatoms. The van der Waals surface area contributed by atoms with Gasteiger partial charge in [-0.25, -0.2) is 0 Å². The predicted molar refractivity (Wildman–Crippen MR) is 105 cm³/mol. The average molecular weight is 378 g/mol. The second-order valence-corrected chi connectivity index (χ2v) is 6.72. The number of H-pyrrole nitrogens is 1. The SMILES string of the molecule is COc1cc2c(cc1OC)C(C)N(C(=O)c1n[nH]nc1-c1ccccc1)CC2. The van der Waals surface area contributed by atoms with E-state index in [2.05, 4.69) is 15.4 Å². The molecular weight excluding hydrogens is 356 g/mol. The number of nitrogens with zero attached hydrogens (tertiary/aromatic N) is 3. The Morgan fingerprint density at radius 3 is 2.54 bits per heavy atom. The summed E-state index contributed by atoms with van der Waals surface area (Å²) in [6.45, 7) is 2.62. The number of nitrogens with one attached hydrogen (secondary N) is 1. The Balaban J connectivity index is 1.67. The number of methoxy groups -OCH3 is 2. The summed E-state index contributed by atoms with van der Waals surface area (Å²) < 4.78 is 10.8. The number of hydrogen-bond acceptors (Lipinski definition) is 5. The molecule has 2 heterocycles. The summed E-state index contributed by atoms with van der Waals surface area (Å²) >= 11 is 0. The maximum Gasteiger partial charge on any atom is 0.277 e. The lowest BCUT2D eigenvalue weighted by atomic mass is 9.92. The molecule has 1 amide bonds. The van der Waals surface area contributed by atoms with Crippen LogP contribution >= 0.6 is 0 Å². The molecule has 0 saturated carbocycles. The van der Waals surface area contributed by atoms with Crippen molar-refractivity contribution >= 4 is 5.91 Å². The molecule has 7 nitrogen and oxygen atoms in total. The number of carbonyl (C=O) groups is 1. The van der Waals surface area contributed by atoms with E-state index in [1.807, 2.05) is 54.3 Å². The summed E-state index contributed by atoms with van der Waals surface area (Å²) in [6.07, 6.45) is 0.740. The molecule has 0 fully saturated rings. The number of benzene rings is 2. The summed E-state index contributed by atoms with van der Waals surface area (Å²) in [7, 11) is 3.24. The van der Waals surface area contributed by atoms with Gasteiger partial charge in [0, 0.05) is 12.1 Å². The normalized spacial score (nSPS) is 15.8. The smallest absolute Gasteiger partial charge is 0.277 e. The molecule has 28 heavy (non-hydrogen) atoms. The second-order valence-electron chi connectivity index (χ2n) is 6.72. The lowest BCUT2D eigenvalue weighted by Gasteiger charge is -2.35. The van der Waals surface area contributed by atoms with Gasteiger partial charge in [0.25, 0.3) is 5.91 Å². The maximum atomic E-state index is 13.3. The van der Waals surface area contributed by atoms with Gasteiger partial charge in [0.1, 0.15) is 5.69 Å². The molecule has 2 aromatic carbocycles. The summed E-state index contributed by atoms with van der Waals surface area (Å²) in [6, 6.07) is 13.4. The van der Waals surface area contributed by atoms with Crippen LogP contribution < -0.4 is 9.47 Å². The molecule has 0 saturated heterocycles. The van der Waals surface area contributed by atoms with Crippen molar-refractivity contribution in [2.24, 2.45) is 0 Å². The van der Waals surface area contributed by atoms with Crippen molar-refractivity contribution in [3.8, 4) is 22.8 Å². The molecule has 0 aliphatic carbocycles. The first kappa shape index (κ1) is 18.0. The summed E-state index contributed by atoms with van der Waals surface area (Å²) in [5, 5.41) is 10.9. The van der Waals surface area contributed by atoms with Crippen molar-refractivity contribution in [2.45, 2.75) is 19.4 Å². The van der Waals surface area contributed by atoms with Crippen LogP contribution in [0.5, 0.6) is 11.5 Å². The van der Waals surface area contributed by atoms with Crippen LogP contribution in [0.4, 0.5) is 0 Å². The molecule has 3 aromatic rings. The molecule has 0 radical (unpaired) electrons. The Morgan fingerprint density at radius 2 is 1.82 bits per heavy atom. The van der Waals surface area contributed by atoms with E-state index in [0.717, 1.165) is 23.1 Å². The highest BCUT2D eigenvalue weighted by molar-refractivity contribution is 5.98. The Kier molecular flexibility index (Phi) is 4.73. The van der Waals surface area contributed by atoms with Gasteiger partial charge in [0.2, 0.25) is 0 Å². The summed E-state index contributed by atoms with van der Waals surface area (Å²) in [5.74, 6) is 1.23. The average Bonchev–Trinajstić information content (AvgIpc) is 3.23. The lowest BCUT2D eigenvalue weighted by molar-refractivity contribution is 0.0672. The number of fused-ring (bicyclic) bond motifs is 1. The molecule has 4 rings (SSSR count). The molecule has 1 N–H and O–H groups in total. The largest absolute Gasteiger partial charge is 0.493 e. The minimum Gasteiger partial charge on any atom is -0.493 e. The van der Waals surface area contributed by atoms with Crippen molar-refractivity contribution in [3.05, 3.63) is 59.3 Å². The highest BCUT2D eigenvalue weighted by Crippen LogP contribution is 2.38. The van der Waals surface area contributed by atoms with Crippen LogP contribution in [0.1, 0.15) is 34.6 Å². The number of rotatable bonds is 4. The van der Waals surface area contributed by atoms with E-state index in [0.29, 0.717) is 29.4 Å². The first-order valence-electron chi connectivity index (χ1n) is 9.16. The number of hydrogen-bond donors (Lipinski definition) is 1. The molecular formula is C21H22N4O3. The van der Waals surface area contributed by atoms with Gasteiger partial charge in [0.05, 0.1) is 20.3 Å². The van der Waals surface area contributed by atoms with Crippen molar-refractivity contribution in [2.75, 3.05) is 20.8 Å². The van der Waals surface area contributed by atoms with Gasteiger partial charge < -0.3 is 14.4 Å². The second kappa shape index (κ2) is 7.34. The molecule has 1 aliphatic heterocycles. The molecule has 144 valence electrons. The molecule has 1 aliphatic rings. The molecule has 1 atom stereocenters. The minimum atomic E-state index is -0.138. The van der Waals surface area contributed by atoms with Gasteiger partial charge in [0.15, 0.2) is 17.2 Å². The highest BCUT2D eigenvalue weighted by atomic mass is 16.5. The third kappa shape index (κ3) is 2.98. The fourth-order valence-corrected chi connectivity index (χ4v) is 3.74. The van der Waals surface area contributed by atoms with Crippen molar-refractivity contribution in [1.82, 2.24) is 20.3 Å². The van der Waals surface area contributed by atoms with Crippen LogP contribution in [-0.4, -0.2) is 47.0 Å². The van der Waals surface area contributed by atoms with E-state index in [-0.39, 0.29) is 11.9 Å². The Morgan fingerprint density at radius 1 is 1.11 bits per heavy atom. The van der Waals surface area contributed by atoms with Crippen LogP contribution in [0.2, 0.25) is 0 Å². The van der Waals surface area contributed by atoms with E-state index in [4.69, 9.17) is 9.47 Å². The van der Waals surface area contributed by atoms with Gasteiger partial charge in [-0.2, -0.15) is 15.4 Å². The molecule has 1 aromatic heterocycles. The van der Waals surface area contributed by atoms with Gasteiger partial charge in [-0.3, -0.25) is 4.79 Å². The van der Waals surface area contributed by atoms with Gasteiger partial charge in [-0.05, 0) is 36.6 Å². The van der Waals surface area contributed by atoms with E-state index in [9.17, 15) is 4.79 Å². The van der Waals surface area contributed by atoms with Crippen molar-refractivity contribution in [1.29, 1.82) is 0 Å². The van der Waals surface area contributed by atoms with Crippen molar-refractivity contribution in [3.63, 3.8) is 0 Å². The van der Waals surface area contributed by atoms with E-state index in [1.165, 1.54) is 0 Å². The van der Waals surface area contributed by atoms with E-state index >= 15 is 0 Å². The van der Waals surface area contributed by atoms with Gasteiger partial charge in [-0.15, -0.1) is 0 Å². The zero-order chi connectivity index (χ0) is 19.7. The number of ether oxygens (including phenoxy) is 2. The van der Waals surface area contributed by atoms with Crippen LogP contribution in [0.3, 0.4) is 0 Å². The van der Waals surface area contributed by atoms with Crippen LogP contribution in [-0.2, 0) is 6.42 Å². The first-order chi connectivity index (χ1) is 13.6. The maximum absolute atomic E-state index is 13.3. The quantitative estimate of drug-likeness (QED) is 0.754. The minimum absolute atomic E-state index is 0.114. The Hall–Kier alpha value is -3.35. The van der Waals surface area contributed by atoms with Crippen LogP contribution in [0, 0.1) is 0 Å². The topological polar surface area (TPSA) is 80.3 Å². The Bertz CT molecular complexity index is 1000. The fourth-order valence-electron chi connectivity index (χ4n) is 3.74. The number of aromatic amines is 1. The number of carbonyl (C=O) groups excluding carboxylic acids is 1. The van der Waals surface area contributed by atoms with E-state index in [1.54, 1.807) is 14.2 Å². The molecule has 0 bridgehead atoms. The summed E-state index contributed by atoms with van der Waals surface area (Å²) in [5.41, 5.74) is 3.98. The third-order valence-electron chi connectivity index (χ3n) is 5.24. The van der Waals surface area contributed by atoms with Crippen LogP contribution in [0.25, 0.3) is 11.3 Å². The van der Waals surface area contributed by atoms with Crippen molar-refractivity contribution < 1.29 is 14.3 Å². The zero-order valence-electron chi connectivity index (χ0n) is 16.1. The van der Waals surface area contributed by atoms with Gasteiger partial charge in [-0.1, -0.05) is 30.3 Å². The number of amides is 1. The van der Waals surface area contributed by atoms with Crippen LogP contribution in [0.15, 0.2) is 42.5 Å². The zero-order valence-corrected chi connectivity index (χ0v) is 16.1. The predicted octanol–water partition coefficient (Wildman–Crippen LogP) is 3.25. The standard InChI is InChI=1S/C21H22N4O3/c1-13-16-12-18(28-3)17(27-2)11-15(16)9-10-25(13)21(26)20-19(22-24-23-20)14-7-5-4-6-8-14/h4-8,11-13H,9-10H2,1-3H3,(H,22,23,24). The Labute approximate surface area is 163 Å². The number of aromatic nitrogens is 3. The molecule has 1 unspecified atom stereocenters. The highest BCUT2D eigenvalue weighted by Gasteiger charge is 2.32. The summed E-state index contributed by atoms with van der Waals surface area (Å²) in [4.78, 5) is 15.1. The van der Waals surface area contributed by atoms with Gasteiger partial charge >= 0.3 is 0 Å². The fraction of sp³-hybridized carbons (Fsp3) is 0.286.